The summed E-state index contributed by atoms with van der Waals surface area (Å²) in [4.78, 5) is 31.8. The Morgan fingerprint density at radius 2 is 2.05 bits per heavy atom. The van der Waals surface area contributed by atoms with Crippen molar-refractivity contribution in [2.75, 3.05) is 12.4 Å². The molecule has 19 heavy (non-hydrogen) atoms. The summed E-state index contributed by atoms with van der Waals surface area (Å²) in [6, 6.07) is 2.27. The van der Waals surface area contributed by atoms with Gasteiger partial charge in [0.2, 0.25) is 12.5 Å². The van der Waals surface area contributed by atoms with Crippen LogP contribution in [-0.4, -0.2) is 23.9 Å². The van der Waals surface area contributed by atoms with E-state index in [1.807, 2.05) is 0 Å². The third-order valence-corrected chi connectivity index (χ3v) is 2.26. The lowest BCUT2D eigenvalue weighted by molar-refractivity contribution is -0.496. The summed E-state index contributed by atoms with van der Waals surface area (Å²) in [5.41, 5.74) is -0.125. The fourth-order valence-corrected chi connectivity index (χ4v) is 1.53. The van der Waals surface area contributed by atoms with Gasteiger partial charge < -0.3 is 20.0 Å². The standard InChI is InChI=1S/C11H12N2O6/c1-6(14)12-9-4-10(19-2)8(11(15)16)3-7(9)5-13(17)18/h3-4H,5H2,1-2H3,(H,12,14)(H,15,16)/p-1. The summed E-state index contributed by atoms with van der Waals surface area (Å²) in [6.45, 7) is 0.606. The number of anilines is 1. The van der Waals surface area contributed by atoms with Crippen LogP contribution in [0.2, 0.25) is 0 Å². The lowest BCUT2D eigenvalue weighted by atomic mass is 10.1. The Morgan fingerprint density at radius 3 is 2.47 bits per heavy atom. The zero-order chi connectivity index (χ0) is 14.6. The van der Waals surface area contributed by atoms with E-state index in [1.54, 1.807) is 0 Å². The van der Waals surface area contributed by atoms with Crippen molar-refractivity contribution >= 4 is 17.6 Å². The molecule has 0 bridgehead atoms. The number of amides is 1. The second kappa shape index (κ2) is 5.80. The first kappa shape index (κ1) is 14.4. The molecule has 1 amide bonds. The van der Waals surface area contributed by atoms with Gasteiger partial charge in [-0.1, -0.05) is 0 Å². The second-order valence-corrected chi connectivity index (χ2v) is 3.67. The van der Waals surface area contributed by atoms with Gasteiger partial charge >= 0.3 is 0 Å². The lowest BCUT2D eigenvalue weighted by Gasteiger charge is -2.14. The molecule has 0 aromatic heterocycles. The minimum Gasteiger partial charge on any atom is -0.545 e. The number of hydrogen-bond donors (Lipinski definition) is 1. The van der Waals surface area contributed by atoms with E-state index in [4.69, 9.17) is 4.74 Å². The van der Waals surface area contributed by atoms with E-state index in [0.29, 0.717) is 0 Å². The topological polar surface area (TPSA) is 122 Å². The van der Waals surface area contributed by atoms with Crippen LogP contribution in [0.5, 0.6) is 5.75 Å². The van der Waals surface area contributed by atoms with Gasteiger partial charge in [0.05, 0.1) is 18.8 Å². The number of carboxylic acid groups (broad SMARTS) is 1. The zero-order valence-corrected chi connectivity index (χ0v) is 10.3. The number of carbonyl (C=O) groups is 2. The predicted octanol–water partition coefficient (Wildman–Crippen LogP) is -0.206. The molecular weight excluding hydrogens is 256 g/mol. The van der Waals surface area contributed by atoms with Crippen molar-refractivity contribution in [3.63, 3.8) is 0 Å². The molecule has 8 nitrogen and oxygen atoms in total. The van der Waals surface area contributed by atoms with Crippen LogP contribution in [0.1, 0.15) is 22.8 Å². The van der Waals surface area contributed by atoms with Crippen LogP contribution in [0.25, 0.3) is 0 Å². The Balaban J connectivity index is 3.37. The third-order valence-electron chi connectivity index (χ3n) is 2.26. The van der Waals surface area contributed by atoms with Gasteiger partial charge in [-0.25, -0.2) is 0 Å². The van der Waals surface area contributed by atoms with E-state index in [9.17, 15) is 24.8 Å². The highest BCUT2D eigenvalue weighted by Crippen LogP contribution is 2.27. The van der Waals surface area contributed by atoms with Gasteiger partial charge in [-0.2, -0.15) is 0 Å². The molecule has 0 aliphatic carbocycles. The Morgan fingerprint density at radius 1 is 1.42 bits per heavy atom. The lowest BCUT2D eigenvalue weighted by Crippen LogP contribution is -2.23. The van der Waals surface area contributed by atoms with Gasteiger partial charge in [-0.15, -0.1) is 0 Å². The Hall–Kier alpha value is -2.64. The van der Waals surface area contributed by atoms with Gasteiger partial charge in [0, 0.05) is 29.0 Å². The van der Waals surface area contributed by atoms with Crippen LogP contribution in [-0.2, 0) is 11.3 Å². The average molecular weight is 267 g/mol. The maximum Gasteiger partial charge on any atom is 0.230 e. The monoisotopic (exact) mass is 267 g/mol. The summed E-state index contributed by atoms with van der Waals surface area (Å²) < 4.78 is 4.85. The molecule has 0 unspecified atom stereocenters. The van der Waals surface area contributed by atoms with Crippen LogP contribution >= 0.6 is 0 Å². The molecule has 0 atom stereocenters. The Bertz CT molecular complexity index is 540. The summed E-state index contributed by atoms with van der Waals surface area (Å²) in [7, 11) is 1.24. The number of rotatable bonds is 5. The number of ether oxygens (including phenoxy) is 1. The van der Waals surface area contributed by atoms with E-state index in [1.165, 1.54) is 20.1 Å². The number of methoxy groups -OCH3 is 1. The molecule has 1 rings (SSSR count). The van der Waals surface area contributed by atoms with Crippen molar-refractivity contribution in [3.8, 4) is 5.75 Å². The number of nitrogens with one attached hydrogen (secondary N) is 1. The van der Waals surface area contributed by atoms with Crippen LogP contribution < -0.4 is 15.2 Å². The van der Waals surface area contributed by atoms with Crippen molar-refractivity contribution in [2.45, 2.75) is 13.5 Å². The van der Waals surface area contributed by atoms with Crippen molar-refractivity contribution in [2.24, 2.45) is 0 Å². The SMILES string of the molecule is COc1cc(NC(C)=O)c(C[N+](=O)[O-])cc1C(=O)[O-]. The maximum absolute atomic E-state index is 11.0. The van der Waals surface area contributed by atoms with Crippen molar-refractivity contribution in [3.05, 3.63) is 33.4 Å². The Labute approximate surface area is 108 Å². The molecular formula is C11H11N2O6-. The van der Waals surface area contributed by atoms with E-state index >= 15 is 0 Å². The molecule has 0 heterocycles. The number of aromatic carboxylic acids is 1. The van der Waals surface area contributed by atoms with Crippen molar-refractivity contribution in [1.29, 1.82) is 0 Å². The number of hydrogen-bond acceptors (Lipinski definition) is 6. The van der Waals surface area contributed by atoms with Gasteiger partial charge in [0.1, 0.15) is 5.75 Å². The highest BCUT2D eigenvalue weighted by atomic mass is 16.6. The number of carbonyl (C=O) groups excluding carboxylic acids is 2. The Kier molecular flexibility index (Phi) is 4.41. The van der Waals surface area contributed by atoms with E-state index in [2.05, 4.69) is 5.32 Å². The molecule has 1 N–H and O–H groups in total. The fourth-order valence-electron chi connectivity index (χ4n) is 1.53. The minimum atomic E-state index is -1.52. The minimum absolute atomic E-state index is 0.0455. The van der Waals surface area contributed by atoms with E-state index in [-0.39, 0.29) is 22.6 Å². The molecule has 1 aromatic rings. The molecule has 0 fully saturated rings. The quantitative estimate of drug-likeness (QED) is 0.582. The van der Waals surface area contributed by atoms with Gasteiger partial charge in [-0.3, -0.25) is 14.9 Å². The predicted molar refractivity (Wildman–Crippen MR) is 62.3 cm³/mol. The maximum atomic E-state index is 11.0. The number of nitrogens with zero attached hydrogens (tertiary/aromatic N) is 1. The number of carboxylic acids is 1. The van der Waals surface area contributed by atoms with Crippen molar-refractivity contribution in [1.82, 2.24) is 0 Å². The first-order valence-electron chi connectivity index (χ1n) is 5.16. The molecule has 0 saturated heterocycles. The molecule has 0 spiro atoms. The fraction of sp³-hybridized carbons (Fsp3) is 0.273. The van der Waals surface area contributed by atoms with E-state index in [0.717, 1.165) is 6.07 Å². The van der Waals surface area contributed by atoms with Gasteiger partial charge in [0.15, 0.2) is 0 Å². The smallest absolute Gasteiger partial charge is 0.230 e. The summed E-state index contributed by atoms with van der Waals surface area (Å²) in [5.74, 6) is -2.00. The highest BCUT2D eigenvalue weighted by Gasteiger charge is 2.15. The first-order chi connectivity index (χ1) is 8.85. The van der Waals surface area contributed by atoms with E-state index < -0.39 is 23.3 Å². The van der Waals surface area contributed by atoms with Crippen LogP contribution in [0.4, 0.5) is 5.69 Å². The number of benzene rings is 1. The molecule has 0 saturated carbocycles. The summed E-state index contributed by atoms with van der Waals surface area (Å²) >= 11 is 0. The number of nitro groups is 1. The van der Waals surface area contributed by atoms with Crippen LogP contribution in [0.3, 0.4) is 0 Å². The molecule has 0 aliphatic rings. The van der Waals surface area contributed by atoms with Crippen molar-refractivity contribution < 1.29 is 24.4 Å². The largest absolute Gasteiger partial charge is 0.545 e. The van der Waals surface area contributed by atoms with Crippen LogP contribution in [0.15, 0.2) is 12.1 Å². The van der Waals surface area contributed by atoms with Gasteiger partial charge in [-0.05, 0) is 6.07 Å². The molecule has 0 aliphatic heterocycles. The zero-order valence-electron chi connectivity index (χ0n) is 10.3. The normalized spacial score (nSPS) is 9.79. The average Bonchev–Trinajstić information content (AvgIpc) is 2.29. The highest BCUT2D eigenvalue weighted by molar-refractivity contribution is 5.94. The first-order valence-corrected chi connectivity index (χ1v) is 5.16. The second-order valence-electron chi connectivity index (χ2n) is 3.67. The third kappa shape index (κ3) is 3.66. The summed E-state index contributed by atoms with van der Waals surface area (Å²) in [5, 5.41) is 23.8. The molecule has 102 valence electrons. The van der Waals surface area contributed by atoms with Gasteiger partial charge in [0.25, 0.3) is 0 Å². The molecule has 1 aromatic carbocycles. The molecule has 0 radical (unpaired) electrons. The summed E-state index contributed by atoms with van der Waals surface area (Å²) in [6.07, 6.45) is 0. The molecule has 8 heteroatoms. The van der Waals surface area contributed by atoms with Crippen LogP contribution in [0, 0.1) is 10.1 Å².